The van der Waals surface area contributed by atoms with Gasteiger partial charge in [-0.1, -0.05) is 24.3 Å². The van der Waals surface area contributed by atoms with Gasteiger partial charge in [0.25, 0.3) is 0 Å². The lowest BCUT2D eigenvalue weighted by Gasteiger charge is -2.23. The molecule has 0 radical (unpaired) electrons. The van der Waals surface area contributed by atoms with Gasteiger partial charge >= 0.3 is 11.9 Å². The first kappa shape index (κ1) is 13.0. The molecule has 1 rings (SSSR count). The van der Waals surface area contributed by atoms with Gasteiger partial charge in [-0.2, -0.15) is 0 Å². The molecule has 92 valence electrons. The minimum absolute atomic E-state index is 0.463. The van der Waals surface area contributed by atoms with Crippen molar-refractivity contribution < 1.29 is 24.6 Å². The molecule has 0 aliphatic heterocycles. The molecule has 0 aromatic carbocycles. The van der Waals surface area contributed by atoms with Gasteiger partial charge in [-0.25, -0.2) is 0 Å². The van der Waals surface area contributed by atoms with E-state index in [2.05, 4.69) is 0 Å². The van der Waals surface area contributed by atoms with Gasteiger partial charge in [-0.15, -0.1) is 0 Å². The van der Waals surface area contributed by atoms with Crippen molar-refractivity contribution in [3.63, 3.8) is 0 Å². The van der Waals surface area contributed by atoms with E-state index in [0.29, 0.717) is 6.42 Å². The van der Waals surface area contributed by atoms with Crippen molar-refractivity contribution in [2.75, 3.05) is 13.1 Å². The Kier molecular flexibility index (Phi) is 4.45. The van der Waals surface area contributed by atoms with Crippen molar-refractivity contribution in [1.29, 1.82) is 0 Å². The van der Waals surface area contributed by atoms with Crippen LogP contribution in [0.2, 0.25) is 0 Å². The maximum absolute atomic E-state index is 11.9. The second-order valence-corrected chi connectivity index (χ2v) is 3.64. The fraction of sp³-hybridized carbons (Fsp3) is 0.364. The van der Waals surface area contributed by atoms with Gasteiger partial charge in [0.15, 0.2) is 0 Å². The number of carbonyl (C=O) groups excluding carboxylic acids is 1. The molecule has 1 aliphatic carbocycles. The van der Waals surface area contributed by atoms with E-state index < -0.39 is 36.9 Å². The molecule has 1 atom stereocenters. The van der Waals surface area contributed by atoms with Gasteiger partial charge in [0.2, 0.25) is 5.91 Å². The monoisotopic (exact) mass is 239 g/mol. The van der Waals surface area contributed by atoms with E-state index >= 15 is 0 Å². The van der Waals surface area contributed by atoms with Gasteiger partial charge in [0.05, 0.1) is 5.92 Å². The number of carboxylic acid groups (broad SMARTS) is 2. The van der Waals surface area contributed by atoms with Crippen molar-refractivity contribution in [3.05, 3.63) is 24.3 Å². The molecular weight excluding hydrogens is 226 g/mol. The summed E-state index contributed by atoms with van der Waals surface area (Å²) in [6.07, 6.45) is 7.35. The summed E-state index contributed by atoms with van der Waals surface area (Å²) in [5.74, 6) is -3.40. The average Bonchev–Trinajstić information content (AvgIpc) is 2.27. The molecule has 0 bridgehead atoms. The summed E-state index contributed by atoms with van der Waals surface area (Å²) in [5.41, 5.74) is 0. The number of hydrogen-bond donors (Lipinski definition) is 2. The van der Waals surface area contributed by atoms with Crippen LogP contribution in [0, 0.1) is 5.92 Å². The molecule has 2 N–H and O–H groups in total. The van der Waals surface area contributed by atoms with Crippen LogP contribution < -0.4 is 0 Å². The highest BCUT2D eigenvalue weighted by Crippen LogP contribution is 2.14. The molecule has 0 heterocycles. The normalized spacial score (nSPS) is 17.8. The van der Waals surface area contributed by atoms with Gasteiger partial charge in [0.1, 0.15) is 13.1 Å². The Morgan fingerprint density at radius 2 is 1.71 bits per heavy atom. The first-order valence-electron chi connectivity index (χ1n) is 5.06. The predicted molar refractivity (Wildman–Crippen MR) is 58.2 cm³/mol. The van der Waals surface area contributed by atoms with Crippen LogP contribution in [0.4, 0.5) is 0 Å². The largest absolute Gasteiger partial charge is 0.480 e. The van der Waals surface area contributed by atoms with Crippen LogP contribution in [0.15, 0.2) is 24.3 Å². The zero-order valence-electron chi connectivity index (χ0n) is 9.07. The molecule has 1 amide bonds. The lowest BCUT2D eigenvalue weighted by atomic mass is 9.99. The third-order valence-corrected chi connectivity index (χ3v) is 2.26. The van der Waals surface area contributed by atoms with Crippen LogP contribution in [0.5, 0.6) is 0 Å². The number of allylic oxidation sites excluding steroid dienone is 3. The first-order chi connectivity index (χ1) is 8.00. The molecule has 1 unspecified atom stereocenters. The Morgan fingerprint density at radius 1 is 1.12 bits per heavy atom. The number of nitrogens with zero attached hydrogens (tertiary/aromatic N) is 1. The summed E-state index contributed by atoms with van der Waals surface area (Å²) >= 11 is 0. The molecule has 17 heavy (non-hydrogen) atoms. The van der Waals surface area contributed by atoms with E-state index in [9.17, 15) is 14.4 Å². The fourth-order valence-corrected chi connectivity index (χ4v) is 1.54. The maximum atomic E-state index is 11.9. The summed E-state index contributed by atoms with van der Waals surface area (Å²) in [6.45, 7) is -1.20. The first-order valence-corrected chi connectivity index (χ1v) is 5.06. The van der Waals surface area contributed by atoms with Crippen molar-refractivity contribution in [1.82, 2.24) is 4.90 Å². The molecule has 0 aromatic rings. The van der Waals surface area contributed by atoms with Crippen molar-refractivity contribution in [3.8, 4) is 0 Å². The van der Waals surface area contributed by atoms with Crippen LogP contribution in [0.3, 0.4) is 0 Å². The molecule has 0 saturated heterocycles. The zero-order chi connectivity index (χ0) is 12.8. The number of rotatable bonds is 5. The van der Waals surface area contributed by atoms with Crippen LogP contribution >= 0.6 is 0 Å². The molecule has 0 aromatic heterocycles. The fourth-order valence-electron chi connectivity index (χ4n) is 1.54. The standard InChI is InChI=1S/C11H13NO5/c13-9(14)6-12(7-10(15)16)11(17)8-4-2-1-3-5-8/h1-4,8H,5-7H2,(H,13,14)(H,15,16). The van der Waals surface area contributed by atoms with Crippen molar-refractivity contribution in [2.24, 2.45) is 5.92 Å². The highest BCUT2D eigenvalue weighted by atomic mass is 16.4. The van der Waals surface area contributed by atoms with Crippen molar-refractivity contribution >= 4 is 17.8 Å². The third kappa shape index (κ3) is 4.10. The molecule has 6 nitrogen and oxygen atoms in total. The SMILES string of the molecule is O=C(O)CN(CC(=O)O)C(=O)C1C=CC=CC1. The second-order valence-electron chi connectivity index (χ2n) is 3.64. The summed E-state index contributed by atoms with van der Waals surface area (Å²) in [5, 5.41) is 17.3. The van der Waals surface area contributed by atoms with Gasteiger partial charge in [0, 0.05) is 0 Å². The highest BCUT2D eigenvalue weighted by molar-refractivity contribution is 5.87. The Bertz CT molecular complexity index is 369. The molecule has 0 saturated carbocycles. The maximum Gasteiger partial charge on any atom is 0.323 e. The molecule has 6 heteroatoms. The summed E-state index contributed by atoms with van der Waals surface area (Å²) < 4.78 is 0. The van der Waals surface area contributed by atoms with E-state index in [1.165, 1.54) is 0 Å². The van der Waals surface area contributed by atoms with Gasteiger partial charge < -0.3 is 15.1 Å². The van der Waals surface area contributed by atoms with E-state index in [1.54, 1.807) is 24.3 Å². The molecule has 0 spiro atoms. The number of carboxylic acids is 2. The third-order valence-electron chi connectivity index (χ3n) is 2.26. The second kappa shape index (κ2) is 5.83. The lowest BCUT2D eigenvalue weighted by molar-refractivity contribution is -0.150. The topological polar surface area (TPSA) is 94.9 Å². The quantitative estimate of drug-likeness (QED) is 0.710. The molecular formula is C11H13NO5. The van der Waals surface area contributed by atoms with Gasteiger partial charge in [-0.05, 0) is 6.42 Å². The highest BCUT2D eigenvalue weighted by Gasteiger charge is 2.25. The van der Waals surface area contributed by atoms with E-state index in [0.717, 1.165) is 4.90 Å². The lowest BCUT2D eigenvalue weighted by Crippen LogP contribution is -2.42. The van der Waals surface area contributed by atoms with Gasteiger partial charge in [-0.3, -0.25) is 14.4 Å². The van der Waals surface area contributed by atoms with E-state index in [4.69, 9.17) is 10.2 Å². The summed E-state index contributed by atoms with van der Waals surface area (Å²) in [7, 11) is 0. The number of amides is 1. The van der Waals surface area contributed by atoms with Crippen LogP contribution in [-0.2, 0) is 14.4 Å². The zero-order valence-corrected chi connectivity index (χ0v) is 9.07. The Balaban J connectivity index is 2.71. The molecule has 1 aliphatic rings. The van der Waals surface area contributed by atoms with E-state index in [-0.39, 0.29) is 0 Å². The van der Waals surface area contributed by atoms with Crippen LogP contribution in [0.25, 0.3) is 0 Å². The Hall–Kier alpha value is -2.11. The number of hydrogen-bond acceptors (Lipinski definition) is 3. The van der Waals surface area contributed by atoms with Crippen LogP contribution in [-0.4, -0.2) is 46.0 Å². The Morgan fingerprint density at radius 3 is 2.12 bits per heavy atom. The minimum Gasteiger partial charge on any atom is -0.480 e. The smallest absolute Gasteiger partial charge is 0.323 e. The summed E-state index contributed by atoms with van der Waals surface area (Å²) in [6, 6.07) is 0. The number of carbonyl (C=O) groups is 3. The molecule has 0 fully saturated rings. The Labute approximate surface area is 97.8 Å². The van der Waals surface area contributed by atoms with Crippen LogP contribution in [0.1, 0.15) is 6.42 Å². The minimum atomic E-state index is -1.23. The number of aliphatic carboxylic acids is 2. The predicted octanol–water partition coefficient (Wildman–Crippen LogP) is 0.117. The van der Waals surface area contributed by atoms with E-state index in [1.807, 2.05) is 0 Å². The summed E-state index contributed by atoms with van der Waals surface area (Å²) in [4.78, 5) is 33.8. The average molecular weight is 239 g/mol. The van der Waals surface area contributed by atoms with Crippen molar-refractivity contribution in [2.45, 2.75) is 6.42 Å².